The summed E-state index contributed by atoms with van der Waals surface area (Å²) in [4.78, 5) is 12.5. The molecule has 0 atom stereocenters. The van der Waals surface area contributed by atoms with Gasteiger partial charge in [-0.2, -0.15) is 0 Å². The SMILES string of the molecule is CCc1nnc(-c2ccc3ccn(CC(=O)Nc4ccccc4C)c3c2)o1. The highest BCUT2D eigenvalue weighted by Crippen LogP contribution is 2.25. The molecule has 0 saturated carbocycles. The van der Waals surface area contributed by atoms with E-state index in [0.29, 0.717) is 18.2 Å². The van der Waals surface area contributed by atoms with Gasteiger partial charge < -0.3 is 14.3 Å². The zero-order valence-electron chi connectivity index (χ0n) is 15.3. The van der Waals surface area contributed by atoms with E-state index in [1.807, 2.05) is 73.1 Å². The average Bonchev–Trinajstić information content (AvgIpc) is 3.30. The van der Waals surface area contributed by atoms with Crippen molar-refractivity contribution >= 4 is 22.5 Å². The lowest BCUT2D eigenvalue weighted by Gasteiger charge is -2.10. The second-order valence-electron chi connectivity index (χ2n) is 6.43. The van der Waals surface area contributed by atoms with Gasteiger partial charge in [0.1, 0.15) is 6.54 Å². The van der Waals surface area contributed by atoms with Crippen molar-refractivity contribution in [2.24, 2.45) is 0 Å². The first-order valence-electron chi connectivity index (χ1n) is 8.91. The van der Waals surface area contributed by atoms with Gasteiger partial charge in [-0.15, -0.1) is 10.2 Å². The van der Waals surface area contributed by atoms with Gasteiger partial charge in [-0.25, -0.2) is 0 Å². The number of rotatable bonds is 5. The van der Waals surface area contributed by atoms with E-state index in [1.54, 1.807) is 0 Å². The predicted octanol–water partition coefficient (Wildman–Crippen LogP) is 4.20. The van der Waals surface area contributed by atoms with Crippen LogP contribution in [0.4, 0.5) is 5.69 Å². The van der Waals surface area contributed by atoms with Crippen molar-refractivity contribution in [2.75, 3.05) is 5.32 Å². The third kappa shape index (κ3) is 3.46. The molecule has 0 radical (unpaired) electrons. The van der Waals surface area contributed by atoms with Gasteiger partial charge in [-0.3, -0.25) is 4.79 Å². The summed E-state index contributed by atoms with van der Waals surface area (Å²) in [5, 5.41) is 12.1. The van der Waals surface area contributed by atoms with Crippen molar-refractivity contribution in [3.05, 3.63) is 66.2 Å². The minimum Gasteiger partial charge on any atom is -0.421 e. The van der Waals surface area contributed by atoms with Gasteiger partial charge in [0.2, 0.25) is 17.7 Å². The van der Waals surface area contributed by atoms with Crippen LogP contribution in [0.5, 0.6) is 0 Å². The molecule has 0 unspecified atom stereocenters. The lowest BCUT2D eigenvalue weighted by Crippen LogP contribution is -2.18. The Morgan fingerprint density at radius 2 is 2.00 bits per heavy atom. The molecule has 1 amide bonds. The zero-order valence-corrected chi connectivity index (χ0v) is 15.3. The van der Waals surface area contributed by atoms with Crippen molar-refractivity contribution in [3.63, 3.8) is 0 Å². The van der Waals surface area contributed by atoms with Crippen LogP contribution in [0.15, 0.2) is 59.1 Å². The average molecular weight is 360 g/mol. The van der Waals surface area contributed by atoms with Crippen LogP contribution in [0, 0.1) is 6.92 Å². The molecule has 136 valence electrons. The molecule has 2 heterocycles. The minimum atomic E-state index is -0.0711. The Balaban J connectivity index is 1.59. The first kappa shape index (κ1) is 17.0. The van der Waals surface area contributed by atoms with Crippen molar-refractivity contribution in [1.82, 2.24) is 14.8 Å². The Labute approximate surface area is 156 Å². The van der Waals surface area contributed by atoms with Gasteiger partial charge >= 0.3 is 0 Å². The van der Waals surface area contributed by atoms with Crippen LogP contribution in [0.1, 0.15) is 18.4 Å². The molecule has 0 saturated heterocycles. The number of anilines is 1. The number of nitrogens with one attached hydrogen (secondary N) is 1. The Kier molecular flexibility index (Phi) is 4.46. The van der Waals surface area contributed by atoms with Crippen LogP contribution in [-0.4, -0.2) is 20.7 Å². The van der Waals surface area contributed by atoms with E-state index in [4.69, 9.17) is 4.42 Å². The maximum absolute atomic E-state index is 12.5. The van der Waals surface area contributed by atoms with Crippen LogP contribution < -0.4 is 5.32 Å². The van der Waals surface area contributed by atoms with Gasteiger partial charge in [0, 0.05) is 29.4 Å². The number of nitrogens with zero attached hydrogens (tertiary/aromatic N) is 3. The van der Waals surface area contributed by atoms with Crippen molar-refractivity contribution < 1.29 is 9.21 Å². The lowest BCUT2D eigenvalue weighted by molar-refractivity contribution is -0.116. The molecule has 4 aromatic rings. The van der Waals surface area contributed by atoms with E-state index in [9.17, 15) is 4.79 Å². The lowest BCUT2D eigenvalue weighted by atomic mass is 10.1. The molecule has 0 bridgehead atoms. The molecule has 0 spiro atoms. The number of hydrogen-bond acceptors (Lipinski definition) is 4. The van der Waals surface area contributed by atoms with Crippen LogP contribution >= 0.6 is 0 Å². The maximum atomic E-state index is 12.5. The second-order valence-corrected chi connectivity index (χ2v) is 6.43. The van der Waals surface area contributed by atoms with Gasteiger partial charge in [0.05, 0.1) is 0 Å². The summed E-state index contributed by atoms with van der Waals surface area (Å²) in [7, 11) is 0. The Morgan fingerprint density at radius 3 is 2.78 bits per heavy atom. The Bertz CT molecular complexity index is 1110. The third-order valence-corrected chi connectivity index (χ3v) is 4.52. The number of aromatic nitrogens is 3. The summed E-state index contributed by atoms with van der Waals surface area (Å²) in [5.41, 5.74) is 3.66. The van der Waals surface area contributed by atoms with E-state index < -0.39 is 0 Å². The number of aryl methyl sites for hydroxylation is 2. The summed E-state index contributed by atoms with van der Waals surface area (Å²) in [6.07, 6.45) is 2.61. The summed E-state index contributed by atoms with van der Waals surface area (Å²) < 4.78 is 7.57. The molecule has 0 fully saturated rings. The molecule has 6 heteroatoms. The second kappa shape index (κ2) is 7.07. The first-order valence-corrected chi connectivity index (χ1v) is 8.91. The molecule has 2 aromatic carbocycles. The number of fused-ring (bicyclic) bond motifs is 1. The highest BCUT2D eigenvalue weighted by molar-refractivity contribution is 5.93. The van der Waals surface area contributed by atoms with E-state index in [-0.39, 0.29) is 12.5 Å². The minimum absolute atomic E-state index is 0.0711. The van der Waals surface area contributed by atoms with Gasteiger partial charge in [0.25, 0.3) is 0 Å². The maximum Gasteiger partial charge on any atom is 0.247 e. The molecular formula is C21H20N4O2. The molecule has 0 aliphatic rings. The highest BCUT2D eigenvalue weighted by Gasteiger charge is 2.12. The van der Waals surface area contributed by atoms with E-state index in [0.717, 1.165) is 27.7 Å². The number of benzene rings is 2. The molecule has 1 N–H and O–H groups in total. The first-order chi connectivity index (χ1) is 13.1. The van der Waals surface area contributed by atoms with Crippen molar-refractivity contribution in [3.8, 4) is 11.5 Å². The van der Waals surface area contributed by atoms with Gasteiger partial charge in [-0.1, -0.05) is 31.2 Å². The van der Waals surface area contributed by atoms with Crippen LogP contribution in [0.3, 0.4) is 0 Å². The van der Waals surface area contributed by atoms with Gasteiger partial charge in [-0.05, 0) is 42.1 Å². The van der Waals surface area contributed by atoms with Crippen molar-refractivity contribution in [1.29, 1.82) is 0 Å². The molecule has 0 aliphatic carbocycles. The molecule has 2 aromatic heterocycles. The summed E-state index contributed by atoms with van der Waals surface area (Å²) in [5.74, 6) is 1.03. The highest BCUT2D eigenvalue weighted by atomic mass is 16.4. The molecular weight excluding hydrogens is 340 g/mol. The van der Waals surface area contributed by atoms with Gasteiger partial charge in [0.15, 0.2) is 0 Å². The number of carbonyl (C=O) groups is 1. The quantitative estimate of drug-likeness (QED) is 0.579. The standard InChI is InChI=1S/C21H20N4O2/c1-3-20-23-24-21(27-20)16-9-8-15-10-11-25(18(15)12-16)13-19(26)22-17-7-5-4-6-14(17)2/h4-12H,3,13H2,1-2H3,(H,22,26). The Morgan fingerprint density at radius 1 is 1.15 bits per heavy atom. The normalized spacial score (nSPS) is 11.0. The molecule has 4 rings (SSSR count). The van der Waals surface area contributed by atoms with Crippen LogP contribution in [-0.2, 0) is 17.8 Å². The summed E-state index contributed by atoms with van der Waals surface area (Å²) in [6.45, 7) is 4.17. The smallest absolute Gasteiger partial charge is 0.247 e. The topological polar surface area (TPSA) is 73.0 Å². The predicted molar refractivity (Wildman–Crippen MR) is 104 cm³/mol. The fourth-order valence-corrected chi connectivity index (χ4v) is 3.03. The molecule has 6 nitrogen and oxygen atoms in total. The van der Waals surface area contributed by atoms with E-state index in [2.05, 4.69) is 15.5 Å². The number of hydrogen-bond donors (Lipinski definition) is 1. The molecule has 0 aliphatic heterocycles. The summed E-state index contributed by atoms with van der Waals surface area (Å²) in [6, 6.07) is 15.7. The summed E-state index contributed by atoms with van der Waals surface area (Å²) >= 11 is 0. The molecule has 27 heavy (non-hydrogen) atoms. The van der Waals surface area contributed by atoms with Crippen LogP contribution in [0.2, 0.25) is 0 Å². The number of carbonyl (C=O) groups excluding carboxylic acids is 1. The van der Waals surface area contributed by atoms with E-state index >= 15 is 0 Å². The van der Waals surface area contributed by atoms with Crippen LogP contribution in [0.25, 0.3) is 22.4 Å². The fourth-order valence-electron chi connectivity index (χ4n) is 3.03. The third-order valence-electron chi connectivity index (χ3n) is 4.52. The number of para-hydroxylation sites is 1. The zero-order chi connectivity index (χ0) is 18.8. The largest absolute Gasteiger partial charge is 0.421 e. The number of amides is 1. The van der Waals surface area contributed by atoms with E-state index in [1.165, 1.54) is 0 Å². The fraction of sp³-hybridized carbons (Fsp3) is 0.190. The van der Waals surface area contributed by atoms with Crippen molar-refractivity contribution in [2.45, 2.75) is 26.8 Å². The monoisotopic (exact) mass is 360 g/mol. The Hall–Kier alpha value is -3.41.